The molecule has 1 aromatic heterocycles. The summed E-state index contributed by atoms with van der Waals surface area (Å²) in [5, 5.41) is 15.0. The highest BCUT2D eigenvalue weighted by molar-refractivity contribution is 5.75. The first-order chi connectivity index (χ1) is 11.2. The first kappa shape index (κ1) is 14.9. The Morgan fingerprint density at radius 2 is 1.96 bits per heavy atom. The maximum Gasteiger partial charge on any atom is 0.243 e. The van der Waals surface area contributed by atoms with E-state index in [9.17, 15) is 4.79 Å². The van der Waals surface area contributed by atoms with Crippen LogP contribution >= 0.6 is 0 Å². The smallest absolute Gasteiger partial charge is 0.243 e. The molecule has 0 spiro atoms. The SMILES string of the molecule is Cc1cccc(CNC(=O)Cn2nnc(-c3ccccc3)n2)c1. The molecule has 1 heterocycles. The van der Waals surface area contributed by atoms with Crippen molar-refractivity contribution in [1.82, 2.24) is 25.5 Å². The number of carbonyl (C=O) groups is 1. The number of nitrogens with zero attached hydrogens (tertiary/aromatic N) is 4. The zero-order valence-electron chi connectivity index (χ0n) is 12.8. The fraction of sp³-hybridized carbons (Fsp3) is 0.176. The third kappa shape index (κ3) is 4.00. The summed E-state index contributed by atoms with van der Waals surface area (Å²) in [4.78, 5) is 13.3. The normalized spacial score (nSPS) is 10.5. The first-order valence-electron chi connectivity index (χ1n) is 7.36. The summed E-state index contributed by atoms with van der Waals surface area (Å²) in [6.07, 6.45) is 0. The van der Waals surface area contributed by atoms with Gasteiger partial charge in [0.2, 0.25) is 11.7 Å². The van der Waals surface area contributed by atoms with Gasteiger partial charge >= 0.3 is 0 Å². The minimum Gasteiger partial charge on any atom is -0.350 e. The predicted molar refractivity (Wildman–Crippen MR) is 86.3 cm³/mol. The fourth-order valence-electron chi connectivity index (χ4n) is 2.22. The second kappa shape index (κ2) is 6.83. The third-order valence-electron chi connectivity index (χ3n) is 3.34. The minimum atomic E-state index is -0.150. The molecule has 1 amide bonds. The van der Waals surface area contributed by atoms with Crippen molar-refractivity contribution in [3.63, 3.8) is 0 Å². The number of nitrogens with one attached hydrogen (secondary N) is 1. The van der Waals surface area contributed by atoms with Crippen molar-refractivity contribution < 1.29 is 4.79 Å². The highest BCUT2D eigenvalue weighted by atomic mass is 16.2. The number of tetrazole rings is 1. The van der Waals surface area contributed by atoms with Crippen LogP contribution in [0, 0.1) is 6.92 Å². The Morgan fingerprint density at radius 1 is 1.13 bits per heavy atom. The van der Waals surface area contributed by atoms with Gasteiger partial charge in [0.25, 0.3) is 0 Å². The molecule has 0 bridgehead atoms. The monoisotopic (exact) mass is 307 g/mol. The molecule has 0 saturated carbocycles. The molecular formula is C17H17N5O. The van der Waals surface area contributed by atoms with Crippen LogP contribution in [0.2, 0.25) is 0 Å². The maximum absolute atomic E-state index is 12.0. The van der Waals surface area contributed by atoms with Crippen molar-refractivity contribution in [3.05, 3.63) is 65.7 Å². The Hall–Kier alpha value is -3.02. The molecule has 0 atom stereocenters. The van der Waals surface area contributed by atoms with Crippen molar-refractivity contribution in [2.45, 2.75) is 20.0 Å². The predicted octanol–water partition coefficient (Wildman–Crippen LogP) is 1.96. The van der Waals surface area contributed by atoms with Crippen molar-refractivity contribution in [2.75, 3.05) is 0 Å². The number of hydrogen-bond donors (Lipinski definition) is 1. The van der Waals surface area contributed by atoms with E-state index in [-0.39, 0.29) is 12.5 Å². The van der Waals surface area contributed by atoms with Crippen molar-refractivity contribution in [1.29, 1.82) is 0 Å². The average Bonchev–Trinajstić information content (AvgIpc) is 3.02. The van der Waals surface area contributed by atoms with Gasteiger partial charge in [-0.3, -0.25) is 4.79 Å². The van der Waals surface area contributed by atoms with Crippen LogP contribution in [0.5, 0.6) is 0 Å². The summed E-state index contributed by atoms with van der Waals surface area (Å²) >= 11 is 0. The summed E-state index contributed by atoms with van der Waals surface area (Å²) in [6.45, 7) is 2.56. The lowest BCUT2D eigenvalue weighted by molar-refractivity contribution is -0.122. The Morgan fingerprint density at radius 3 is 2.74 bits per heavy atom. The highest BCUT2D eigenvalue weighted by Gasteiger charge is 2.08. The second-order valence-corrected chi connectivity index (χ2v) is 5.28. The number of amides is 1. The molecule has 0 aliphatic heterocycles. The van der Waals surface area contributed by atoms with E-state index in [2.05, 4.69) is 20.7 Å². The van der Waals surface area contributed by atoms with E-state index in [1.807, 2.05) is 61.5 Å². The summed E-state index contributed by atoms with van der Waals surface area (Å²) in [5.74, 6) is 0.362. The van der Waals surface area contributed by atoms with Crippen LogP contribution in [0.15, 0.2) is 54.6 Å². The first-order valence-corrected chi connectivity index (χ1v) is 7.36. The molecule has 23 heavy (non-hydrogen) atoms. The lowest BCUT2D eigenvalue weighted by Gasteiger charge is -2.05. The van der Waals surface area contributed by atoms with Crippen LogP contribution in [0.25, 0.3) is 11.4 Å². The van der Waals surface area contributed by atoms with Gasteiger partial charge in [0.05, 0.1) is 0 Å². The lowest BCUT2D eigenvalue weighted by Crippen LogP contribution is -2.28. The second-order valence-electron chi connectivity index (χ2n) is 5.28. The molecule has 0 aliphatic carbocycles. The number of hydrogen-bond acceptors (Lipinski definition) is 4. The molecule has 3 aromatic rings. The van der Waals surface area contributed by atoms with Crippen LogP contribution in [0.1, 0.15) is 11.1 Å². The Bertz CT molecular complexity index is 798. The van der Waals surface area contributed by atoms with Crippen molar-refractivity contribution >= 4 is 5.91 Å². The highest BCUT2D eigenvalue weighted by Crippen LogP contribution is 2.11. The maximum atomic E-state index is 12.0. The number of benzene rings is 2. The van der Waals surface area contributed by atoms with Gasteiger partial charge in [0, 0.05) is 12.1 Å². The van der Waals surface area contributed by atoms with E-state index in [1.165, 1.54) is 10.4 Å². The van der Waals surface area contributed by atoms with E-state index in [0.717, 1.165) is 11.1 Å². The van der Waals surface area contributed by atoms with Crippen molar-refractivity contribution in [3.8, 4) is 11.4 Å². The Kier molecular flexibility index (Phi) is 4.42. The van der Waals surface area contributed by atoms with E-state index < -0.39 is 0 Å². The summed E-state index contributed by atoms with van der Waals surface area (Å²) in [7, 11) is 0. The van der Waals surface area contributed by atoms with Gasteiger partial charge in [-0.25, -0.2) is 0 Å². The molecule has 0 fully saturated rings. The van der Waals surface area contributed by atoms with Gasteiger partial charge in [-0.1, -0.05) is 60.2 Å². The van der Waals surface area contributed by atoms with E-state index in [0.29, 0.717) is 12.4 Å². The number of rotatable bonds is 5. The lowest BCUT2D eigenvalue weighted by atomic mass is 10.1. The molecule has 116 valence electrons. The molecule has 0 unspecified atom stereocenters. The number of aryl methyl sites for hydroxylation is 1. The fourth-order valence-corrected chi connectivity index (χ4v) is 2.22. The van der Waals surface area contributed by atoms with Crippen molar-refractivity contribution in [2.24, 2.45) is 0 Å². The zero-order valence-corrected chi connectivity index (χ0v) is 12.8. The molecule has 6 nitrogen and oxygen atoms in total. The van der Waals surface area contributed by atoms with Gasteiger partial charge in [0.15, 0.2) is 0 Å². The van der Waals surface area contributed by atoms with Crippen LogP contribution in [0.3, 0.4) is 0 Å². The van der Waals surface area contributed by atoms with Crippen LogP contribution in [-0.4, -0.2) is 26.1 Å². The topological polar surface area (TPSA) is 72.7 Å². The number of carbonyl (C=O) groups excluding carboxylic acids is 1. The molecule has 3 rings (SSSR count). The van der Waals surface area contributed by atoms with E-state index in [1.54, 1.807) is 0 Å². The molecule has 1 N–H and O–H groups in total. The standard InChI is InChI=1S/C17H17N5O/c1-13-6-5-7-14(10-13)11-18-16(23)12-22-20-17(19-21-22)15-8-3-2-4-9-15/h2-10H,11-12H2,1H3,(H,18,23). The molecule has 0 saturated heterocycles. The molecular weight excluding hydrogens is 290 g/mol. The molecule has 0 aliphatic rings. The summed E-state index contributed by atoms with van der Waals surface area (Å²) < 4.78 is 0. The minimum absolute atomic E-state index is 0.0473. The average molecular weight is 307 g/mol. The summed E-state index contributed by atoms with van der Waals surface area (Å²) in [6, 6.07) is 17.6. The molecule has 6 heteroatoms. The zero-order chi connectivity index (χ0) is 16.1. The van der Waals surface area contributed by atoms with Gasteiger partial charge in [0.1, 0.15) is 6.54 Å². The molecule has 0 radical (unpaired) electrons. The largest absolute Gasteiger partial charge is 0.350 e. The third-order valence-corrected chi connectivity index (χ3v) is 3.34. The van der Waals surface area contributed by atoms with Gasteiger partial charge in [-0.15, -0.1) is 10.2 Å². The van der Waals surface area contributed by atoms with Gasteiger partial charge < -0.3 is 5.32 Å². The number of aromatic nitrogens is 4. The Balaban J connectivity index is 1.57. The quantitative estimate of drug-likeness (QED) is 0.782. The van der Waals surface area contributed by atoms with Crippen LogP contribution < -0.4 is 5.32 Å². The van der Waals surface area contributed by atoms with Gasteiger partial charge in [-0.05, 0) is 17.7 Å². The Labute approximate surface area is 134 Å². The van der Waals surface area contributed by atoms with E-state index >= 15 is 0 Å². The molecule has 2 aromatic carbocycles. The van der Waals surface area contributed by atoms with Crippen LogP contribution in [0.4, 0.5) is 0 Å². The van der Waals surface area contributed by atoms with Gasteiger partial charge in [-0.2, -0.15) is 4.80 Å². The van der Waals surface area contributed by atoms with Crippen LogP contribution in [-0.2, 0) is 17.9 Å². The summed E-state index contributed by atoms with van der Waals surface area (Å²) in [5.41, 5.74) is 3.11. The van der Waals surface area contributed by atoms with E-state index in [4.69, 9.17) is 0 Å².